The van der Waals surface area contributed by atoms with Crippen molar-refractivity contribution in [3.05, 3.63) is 64.5 Å². The van der Waals surface area contributed by atoms with E-state index in [-0.39, 0.29) is 17.7 Å². The minimum Gasteiger partial charge on any atom is -0.497 e. The Bertz CT molecular complexity index is 1100. The zero-order chi connectivity index (χ0) is 23.3. The lowest BCUT2D eigenvalue weighted by atomic mass is 10.2. The second-order valence-corrected chi connectivity index (χ2v) is 8.20. The first kappa shape index (κ1) is 23.1. The van der Waals surface area contributed by atoms with E-state index in [0.717, 1.165) is 5.75 Å². The Kier molecular flexibility index (Phi) is 7.31. The van der Waals surface area contributed by atoms with Gasteiger partial charge in [0.25, 0.3) is 5.69 Å². The van der Waals surface area contributed by atoms with Crippen molar-refractivity contribution in [3.63, 3.8) is 0 Å². The number of benzene rings is 2. The van der Waals surface area contributed by atoms with Gasteiger partial charge in [-0.1, -0.05) is 17.8 Å². The summed E-state index contributed by atoms with van der Waals surface area (Å²) in [5.74, 6) is 1.71. The lowest BCUT2D eigenvalue weighted by Gasteiger charge is -2.15. The van der Waals surface area contributed by atoms with Crippen LogP contribution in [0.1, 0.15) is 25.8 Å². The number of ether oxygens (including phenoxy) is 2. The molecule has 1 N–H and O–H groups in total. The van der Waals surface area contributed by atoms with Crippen molar-refractivity contribution in [3.8, 4) is 11.5 Å². The maximum atomic E-state index is 12.5. The van der Waals surface area contributed by atoms with Gasteiger partial charge in [-0.25, -0.2) is 0 Å². The number of amides is 1. The van der Waals surface area contributed by atoms with E-state index >= 15 is 0 Å². The third-order valence-electron chi connectivity index (χ3n) is 4.58. The zero-order valence-electron chi connectivity index (χ0n) is 18.0. The molecule has 2 aromatic carbocycles. The van der Waals surface area contributed by atoms with E-state index in [1.165, 1.54) is 30.0 Å². The number of nitrogens with one attached hydrogen (secondary N) is 1. The van der Waals surface area contributed by atoms with E-state index in [1.54, 1.807) is 31.7 Å². The number of nitro groups is 1. The fraction of sp³-hybridized carbons (Fsp3) is 0.286. The highest BCUT2D eigenvalue weighted by molar-refractivity contribution is 8.00. The summed E-state index contributed by atoms with van der Waals surface area (Å²) >= 11 is 1.23. The minimum atomic E-state index is -0.511. The molecule has 1 heterocycles. The molecule has 0 spiro atoms. The monoisotopic (exact) mass is 457 g/mol. The van der Waals surface area contributed by atoms with Gasteiger partial charge in [0.2, 0.25) is 5.91 Å². The smallest absolute Gasteiger partial charge is 0.271 e. The molecule has 0 aliphatic rings. The number of carbonyl (C=O) groups excluding carboxylic acids is 1. The molecular weight excluding hydrogens is 434 g/mol. The van der Waals surface area contributed by atoms with Gasteiger partial charge in [0.05, 0.1) is 17.3 Å². The number of rotatable bonds is 9. The van der Waals surface area contributed by atoms with Gasteiger partial charge >= 0.3 is 0 Å². The number of thioether (sulfide) groups is 1. The SMILES string of the molecule is COc1ccc(OC(C)c2nnc(SC(C)C(=O)Nc3cccc([N+](=O)[O-])c3)n2C)cc1. The van der Waals surface area contributed by atoms with E-state index in [2.05, 4.69) is 15.5 Å². The third kappa shape index (κ3) is 5.55. The van der Waals surface area contributed by atoms with E-state index in [4.69, 9.17) is 9.47 Å². The Labute approximate surface area is 189 Å². The van der Waals surface area contributed by atoms with E-state index in [9.17, 15) is 14.9 Å². The van der Waals surface area contributed by atoms with E-state index in [1.807, 2.05) is 31.2 Å². The van der Waals surface area contributed by atoms with Crippen LogP contribution in [0.15, 0.2) is 53.7 Å². The summed E-state index contributed by atoms with van der Waals surface area (Å²) in [4.78, 5) is 22.9. The lowest BCUT2D eigenvalue weighted by molar-refractivity contribution is -0.384. The summed E-state index contributed by atoms with van der Waals surface area (Å²) in [5, 5.41) is 22.0. The molecule has 0 radical (unpaired) electrons. The summed E-state index contributed by atoms with van der Waals surface area (Å²) in [5.41, 5.74) is 0.267. The molecule has 0 aliphatic carbocycles. The van der Waals surface area contributed by atoms with Gasteiger partial charge in [-0.2, -0.15) is 0 Å². The summed E-state index contributed by atoms with van der Waals surface area (Å²) in [7, 11) is 3.40. The quantitative estimate of drug-likeness (QED) is 0.291. The average Bonchev–Trinajstić information content (AvgIpc) is 3.14. The molecule has 168 valence electrons. The van der Waals surface area contributed by atoms with Gasteiger partial charge in [-0.05, 0) is 44.2 Å². The summed E-state index contributed by atoms with van der Waals surface area (Å²) in [6, 6.07) is 13.0. The normalized spacial score (nSPS) is 12.6. The number of aromatic nitrogens is 3. The van der Waals surface area contributed by atoms with Gasteiger partial charge in [0.15, 0.2) is 17.1 Å². The molecule has 1 amide bonds. The van der Waals surface area contributed by atoms with Crippen molar-refractivity contribution >= 4 is 29.0 Å². The molecule has 2 atom stereocenters. The van der Waals surface area contributed by atoms with Crippen molar-refractivity contribution in [2.45, 2.75) is 30.4 Å². The second kappa shape index (κ2) is 10.1. The third-order valence-corrected chi connectivity index (χ3v) is 5.71. The Morgan fingerprint density at radius 2 is 1.84 bits per heavy atom. The number of methoxy groups -OCH3 is 1. The molecule has 0 fully saturated rings. The fourth-order valence-electron chi connectivity index (χ4n) is 2.85. The number of nitrogens with zero attached hydrogens (tertiary/aromatic N) is 4. The summed E-state index contributed by atoms with van der Waals surface area (Å²) in [6.45, 7) is 3.59. The summed E-state index contributed by atoms with van der Waals surface area (Å²) < 4.78 is 12.9. The highest BCUT2D eigenvalue weighted by Gasteiger charge is 2.22. The van der Waals surface area contributed by atoms with Gasteiger partial charge in [-0.15, -0.1) is 10.2 Å². The Balaban J connectivity index is 1.63. The molecule has 32 heavy (non-hydrogen) atoms. The zero-order valence-corrected chi connectivity index (χ0v) is 18.8. The first-order chi connectivity index (χ1) is 15.3. The van der Waals surface area contributed by atoms with Crippen LogP contribution in [0.5, 0.6) is 11.5 Å². The molecule has 3 aromatic rings. The van der Waals surface area contributed by atoms with Gasteiger partial charge in [-0.3, -0.25) is 14.9 Å². The molecule has 0 aliphatic heterocycles. The topological polar surface area (TPSA) is 121 Å². The number of carbonyl (C=O) groups is 1. The molecule has 1 aromatic heterocycles. The molecule has 2 unspecified atom stereocenters. The standard InChI is InChI=1S/C21H23N5O5S/c1-13(31-18-10-8-17(30-4)9-11-18)19-23-24-21(25(19)3)32-14(2)20(27)22-15-6-5-7-16(12-15)26(28)29/h5-14H,1-4H3,(H,22,27). The van der Waals surface area contributed by atoms with Crippen molar-refractivity contribution in [2.24, 2.45) is 7.05 Å². The van der Waals surface area contributed by atoms with Gasteiger partial charge in [0.1, 0.15) is 11.5 Å². The maximum absolute atomic E-state index is 12.5. The van der Waals surface area contributed by atoms with E-state index in [0.29, 0.717) is 22.4 Å². The van der Waals surface area contributed by atoms with Crippen molar-refractivity contribution in [1.29, 1.82) is 0 Å². The average molecular weight is 458 g/mol. The number of hydrogen-bond acceptors (Lipinski definition) is 8. The van der Waals surface area contributed by atoms with Crippen LogP contribution >= 0.6 is 11.8 Å². The highest BCUT2D eigenvalue weighted by atomic mass is 32.2. The lowest BCUT2D eigenvalue weighted by Crippen LogP contribution is -2.23. The molecule has 3 rings (SSSR count). The van der Waals surface area contributed by atoms with E-state index < -0.39 is 10.2 Å². The first-order valence-electron chi connectivity index (χ1n) is 9.70. The molecule has 10 nitrogen and oxygen atoms in total. The largest absolute Gasteiger partial charge is 0.497 e. The van der Waals surface area contributed by atoms with Crippen molar-refractivity contribution in [2.75, 3.05) is 12.4 Å². The molecule has 11 heteroatoms. The highest BCUT2D eigenvalue weighted by Crippen LogP contribution is 2.27. The Hall–Kier alpha value is -3.60. The van der Waals surface area contributed by atoms with Crippen LogP contribution in [0.25, 0.3) is 0 Å². The Morgan fingerprint density at radius 1 is 1.16 bits per heavy atom. The molecular formula is C21H23N5O5S. The molecule has 0 saturated carbocycles. The van der Waals surface area contributed by atoms with Crippen LogP contribution in [-0.2, 0) is 11.8 Å². The predicted molar refractivity (Wildman–Crippen MR) is 120 cm³/mol. The molecule has 0 saturated heterocycles. The summed E-state index contributed by atoms with van der Waals surface area (Å²) in [6.07, 6.45) is -0.371. The van der Waals surface area contributed by atoms with Crippen LogP contribution in [0.3, 0.4) is 0 Å². The predicted octanol–water partition coefficient (Wildman–Crippen LogP) is 3.99. The van der Waals surface area contributed by atoms with Gasteiger partial charge < -0.3 is 19.4 Å². The van der Waals surface area contributed by atoms with Crippen molar-refractivity contribution in [1.82, 2.24) is 14.8 Å². The number of hydrogen-bond donors (Lipinski definition) is 1. The van der Waals surface area contributed by atoms with Gasteiger partial charge in [0, 0.05) is 24.9 Å². The number of non-ortho nitro benzene ring substituents is 1. The van der Waals surface area contributed by atoms with Crippen LogP contribution in [0.2, 0.25) is 0 Å². The van der Waals surface area contributed by atoms with Crippen molar-refractivity contribution < 1.29 is 19.2 Å². The molecule has 0 bridgehead atoms. The fourth-order valence-corrected chi connectivity index (χ4v) is 3.67. The van der Waals surface area contributed by atoms with Crippen LogP contribution in [0.4, 0.5) is 11.4 Å². The van der Waals surface area contributed by atoms with Crippen LogP contribution in [0, 0.1) is 10.1 Å². The second-order valence-electron chi connectivity index (χ2n) is 6.89. The Morgan fingerprint density at radius 3 is 2.50 bits per heavy atom. The minimum absolute atomic E-state index is 0.0908. The maximum Gasteiger partial charge on any atom is 0.271 e. The first-order valence-corrected chi connectivity index (χ1v) is 10.6. The van der Waals surface area contributed by atoms with Crippen LogP contribution < -0.4 is 14.8 Å². The van der Waals surface area contributed by atoms with Crippen LogP contribution in [-0.4, -0.2) is 38.0 Å². The number of anilines is 1. The number of nitro benzene ring substituents is 1.